The number of allylic oxidation sites excluding steroid dienone is 2. The molecular formula is C12H12O2. The topological polar surface area (TPSA) is 40.5 Å². The normalized spacial score (nSPS) is 15.2. The molecule has 2 nitrogen and oxygen atoms in total. The maximum absolute atomic E-state index is 9.64. The molecule has 0 saturated heterocycles. The predicted octanol–water partition coefficient (Wildman–Crippen LogP) is 2.79. The molecule has 2 N–H and O–H groups in total. The molecular weight excluding hydrogens is 176 g/mol. The molecule has 0 unspecified atom stereocenters. The van der Waals surface area contributed by atoms with Crippen LogP contribution in [0.5, 0.6) is 5.75 Å². The zero-order valence-corrected chi connectivity index (χ0v) is 7.99. The van der Waals surface area contributed by atoms with Gasteiger partial charge in [0.05, 0.1) is 0 Å². The van der Waals surface area contributed by atoms with Gasteiger partial charge >= 0.3 is 0 Å². The van der Waals surface area contributed by atoms with Crippen molar-refractivity contribution in [3.63, 3.8) is 0 Å². The Morgan fingerprint density at radius 1 is 1.21 bits per heavy atom. The molecule has 0 aromatic heterocycles. The van der Waals surface area contributed by atoms with Gasteiger partial charge in [0, 0.05) is 5.56 Å². The van der Waals surface area contributed by atoms with E-state index < -0.39 is 0 Å². The molecule has 0 saturated carbocycles. The van der Waals surface area contributed by atoms with E-state index in [4.69, 9.17) is 0 Å². The molecule has 14 heavy (non-hydrogen) atoms. The second-order valence-corrected chi connectivity index (χ2v) is 3.47. The van der Waals surface area contributed by atoms with Gasteiger partial charge < -0.3 is 10.2 Å². The Labute approximate surface area is 82.8 Å². The van der Waals surface area contributed by atoms with Crippen LogP contribution in [-0.4, -0.2) is 10.2 Å². The van der Waals surface area contributed by atoms with Crippen LogP contribution < -0.4 is 0 Å². The Hall–Kier alpha value is -1.70. The van der Waals surface area contributed by atoms with Gasteiger partial charge in [0.2, 0.25) is 0 Å². The molecule has 0 bridgehead atoms. The molecule has 1 aromatic carbocycles. The van der Waals surface area contributed by atoms with E-state index in [1.54, 1.807) is 12.1 Å². The summed E-state index contributed by atoms with van der Waals surface area (Å²) in [7, 11) is 0. The summed E-state index contributed by atoms with van der Waals surface area (Å²) >= 11 is 0. The Balaban J connectivity index is 2.61. The molecule has 2 rings (SSSR count). The monoisotopic (exact) mass is 188 g/mol. The van der Waals surface area contributed by atoms with Gasteiger partial charge in [0.1, 0.15) is 11.5 Å². The van der Waals surface area contributed by atoms with Crippen LogP contribution in [-0.2, 0) is 6.42 Å². The third-order valence-electron chi connectivity index (χ3n) is 2.45. The fourth-order valence-corrected chi connectivity index (χ4v) is 1.60. The molecule has 1 aliphatic rings. The number of aromatic hydroxyl groups is 1. The number of aliphatic hydroxyl groups excluding tert-OH is 1. The van der Waals surface area contributed by atoms with Gasteiger partial charge in [-0.2, -0.15) is 0 Å². The number of hydrogen-bond acceptors (Lipinski definition) is 2. The number of aliphatic hydroxyl groups is 1. The average molecular weight is 188 g/mol. The highest BCUT2D eigenvalue weighted by molar-refractivity contribution is 5.66. The van der Waals surface area contributed by atoms with Crippen LogP contribution in [0.4, 0.5) is 0 Å². The van der Waals surface area contributed by atoms with Crippen molar-refractivity contribution in [3.8, 4) is 5.75 Å². The van der Waals surface area contributed by atoms with Gasteiger partial charge in [-0.3, -0.25) is 0 Å². The fraction of sp³-hybridized carbons (Fsp3) is 0.167. The SMILES string of the molecule is CC1=Cc2c(O)cccc2CC=C1O. The quantitative estimate of drug-likeness (QED) is 0.657. The van der Waals surface area contributed by atoms with E-state index in [0.29, 0.717) is 12.2 Å². The highest BCUT2D eigenvalue weighted by Gasteiger charge is 2.09. The standard InChI is InChI=1S/C12H12O2/c1-8-7-10-9(5-6-11(8)13)3-2-4-12(10)14/h2-4,6-7,13-14H,5H2,1H3. The number of rotatable bonds is 0. The average Bonchev–Trinajstić information content (AvgIpc) is 2.30. The molecule has 0 amide bonds. The first kappa shape index (κ1) is 8.88. The zero-order valence-electron chi connectivity index (χ0n) is 7.99. The summed E-state index contributed by atoms with van der Waals surface area (Å²) in [6.45, 7) is 1.83. The number of phenols is 1. The largest absolute Gasteiger partial charge is 0.508 e. The van der Waals surface area contributed by atoms with E-state index >= 15 is 0 Å². The van der Waals surface area contributed by atoms with Gasteiger partial charge in [0.15, 0.2) is 0 Å². The van der Waals surface area contributed by atoms with E-state index in [1.165, 1.54) is 0 Å². The lowest BCUT2D eigenvalue weighted by Crippen LogP contribution is -1.85. The molecule has 0 atom stereocenters. The van der Waals surface area contributed by atoms with E-state index in [1.807, 2.05) is 25.1 Å². The van der Waals surface area contributed by atoms with E-state index in [9.17, 15) is 10.2 Å². The van der Waals surface area contributed by atoms with Crippen molar-refractivity contribution in [2.45, 2.75) is 13.3 Å². The van der Waals surface area contributed by atoms with Crippen molar-refractivity contribution < 1.29 is 10.2 Å². The summed E-state index contributed by atoms with van der Waals surface area (Å²) in [4.78, 5) is 0. The predicted molar refractivity (Wildman–Crippen MR) is 56.2 cm³/mol. The van der Waals surface area contributed by atoms with Gasteiger partial charge in [-0.1, -0.05) is 12.1 Å². The zero-order chi connectivity index (χ0) is 10.1. The van der Waals surface area contributed by atoms with Crippen LogP contribution in [0.15, 0.2) is 35.6 Å². The van der Waals surface area contributed by atoms with E-state index in [2.05, 4.69) is 0 Å². The molecule has 0 fully saturated rings. The molecule has 0 heterocycles. The summed E-state index contributed by atoms with van der Waals surface area (Å²) in [5, 5.41) is 19.2. The van der Waals surface area contributed by atoms with Crippen molar-refractivity contribution in [3.05, 3.63) is 46.7 Å². The molecule has 0 radical (unpaired) electrons. The molecule has 1 aromatic rings. The van der Waals surface area contributed by atoms with Crippen molar-refractivity contribution >= 4 is 6.08 Å². The van der Waals surface area contributed by atoms with Crippen LogP contribution in [0.2, 0.25) is 0 Å². The van der Waals surface area contributed by atoms with Crippen LogP contribution in [0.25, 0.3) is 6.08 Å². The van der Waals surface area contributed by atoms with Crippen molar-refractivity contribution in [2.24, 2.45) is 0 Å². The van der Waals surface area contributed by atoms with Crippen LogP contribution in [0, 0.1) is 0 Å². The maximum Gasteiger partial charge on any atom is 0.123 e. The van der Waals surface area contributed by atoms with Crippen molar-refractivity contribution in [1.29, 1.82) is 0 Å². The first-order chi connectivity index (χ1) is 6.68. The second-order valence-electron chi connectivity index (χ2n) is 3.47. The summed E-state index contributed by atoms with van der Waals surface area (Å²) in [6, 6.07) is 5.42. The number of phenolic OH excluding ortho intramolecular Hbond substituents is 1. The Morgan fingerprint density at radius 2 is 2.00 bits per heavy atom. The third kappa shape index (κ3) is 1.39. The number of benzene rings is 1. The first-order valence-corrected chi connectivity index (χ1v) is 4.57. The van der Waals surface area contributed by atoms with Crippen LogP contribution in [0.3, 0.4) is 0 Å². The van der Waals surface area contributed by atoms with Crippen LogP contribution >= 0.6 is 0 Å². The lowest BCUT2D eigenvalue weighted by atomic mass is 10.0. The Morgan fingerprint density at radius 3 is 2.79 bits per heavy atom. The lowest BCUT2D eigenvalue weighted by molar-refractivity contribution is 0.422. The van der Waals surface area contributed by atoms with E-state index in [0.717, 1.165) is 16.7 Å². The van der Waals surface area contributed by atoms with Gasteiger partial charge in [-0.15, -0.1) is 0 Å². The van der Waals surface area contributed by atoms with Crippen molar-refractivity contribution in [1.82, 2.24) is 0 Å². The van der Waals surface area contributed by atoms with Gasteiger partial charge in [0.25, 0.3) is 0 Å². The lowest BCUT2D eigenvalue weighted by Gasteiger charge is -2.04. The number of fused-ring (bicyclic) bond motifs is 1. The fourth-order valence-electron chi connectivity index (χ4n) is 1.60. The Bertz CT molecular complexity index is 428. The summed E-state index contributed by atoms with van der Waals surface area (Å²) in [6.07, 6.45) is 4.23. The van der Waals surface area contributed by atoms with Crippen molar-refractivity contribution in [2.75, 3.05) is 0 Å². The third-order valence-corrected chi connectivity index (χ3v) is 2.45. The Kier molecular flexibility index (Phi) is 2.04. The minimum Gasteiger partial charge on any atom is -0.508 e. The molecule has 2 heteroatoms. The minimum absolute atomic E-state index is 0.268. The highest BCUT2D eigenvalue weighted by atomic mass is 16.3. The smallest absolute Gasteiger partial charge is 0.123 e. The maximum atomic E-state index is 9.64. The van der Waals surface area contributed by atoms with E-state index in [-0.39, 0.29) is 5.75 Å². The first-order valence-electron chi connectivity index (χ1n) is 4.57. The molecule has 0 spiro atoms. The number of hydrogen-bond donors (Lipinski definition) is 2. The highest BCUT2D eigenvalue weighted by Crippen LogP contribution is 2.28. The molecule has 72 valence electrons. The summed E-state index contributed by atoms with van der Waals surface area (Å²) < 4.78 is 0. The summed E-state index contributed by atoms with van der Waals surface area (Å²) in [5.41, 5.74) is 2.63. The molecule has 0 aliphatic heterocycles. The van der Waals surface area contributed by atoms with Crippen LogP contribution in [0.1, 0.15) is 18.1 Å². The molecule has 1 aliphatic carbocycles. The van der Waals surface area contributed by atoms with Gasteiger partial charge in [-0.25, -0.2) is 0 Å². The summed E-state index contributed by atoms with van der Waals surface area (Å²) in [5.74, 6) is 0.561. The van der Waals surface area contributed by atoms with Gasteiger partial charge in [-0.05, 0) is 42.7 Å². The minimum atomic E-state index is 0.268. The second kappa shape index (κ2) is 3.22.